The van der Waals surface area contributed by atoms with Crippen LogP contribution in [0, 0.1) is 6.92 Å². The van der Waals surface area contributed by atoms with Gasteiger partial charge in [0.2, 0.25) is 0 Å². The van der Waals surface area contributed by atoms with E-state index in [1.807, 2.05) is 0 Å². The molecule has 23 heteroatoms. The van der Waals surface area contributed by atoms with Crippen LogP contribution in [-0.4, -0.2) is 64.1 Å². The summed E-state index contributed by atoms with van der Waals surface area (Å²) < 4.78 is 137. The third-order valence-electron chi connectivity index (χ3n) is 6.28. The summed E-state index contributed by atoms with van der Waals surface area (Å²) >= 11 is 0. The molecule has 0 aliphatic carbocycles. The normalized spacial score (nSPS) is 13.1. The number of fused-ring (bicyclic) bond motifs is 1. The number of aromatic hydroxyl groups is 1. The van der Waals surface area contributed by atoms with Crippen molar-refractivity contribution < 1.29 is 61.7 Å². The molecule has 0 atom stereocenters. The van der Waals surface area contributed by atoms with E-state index in [1.165, 1.54) is 26.2 Å². The molecule has 4 aromatic carbocycles. The number of nitrogens with two attached hydrogens (primary N) is 1. The van der Waals surface area contributed by atoms with Gasteiger partial charge >= 0.3 is 0 Å². The summed E-state index contributed by atoms with van der Waals surface area (Å²) in [6, 6.07) is 6.65. The molecule has 0 aromatic heterocycles. The fourth-order valence-electron chi connectivity index (χ4n) is 4.11. The third-order valence-corrected chi connectivity index (χ3v) is 9.76. The molecule has 47 heavy (non-hydrogen) atoms. The van der Waals surface area contributed by atoms with Gasteiger partial charge < -0.3 is 15.6 Å². The van der Waals surface area contributed by atoms with Crippen LogP contribution in [0.2, 0.25) is 0 Å². The van der Waals surface area contributed by atoms with Crippen molar-refractivity contribution in [2.45, 2.75) is 26.5 Å². The number of nitrogen functional groups attached to an aromatic ring is 1. The summed E-state index contributed by atoms with van der Waals surface area (Å²) in [5, 5.41) is 24.9. The fraction of sp³-hybridized carbons (Fsp3) is 0.0833. The Kier molecular flexibility index (Phi) is 9.14. The van der Waals surface area contributed by atoms with Crippen molar-refractivity contribution in [1.29, 1.82) is 0 Å². The van der Waals surface area contributed by atoms with Crippen LogP contribution < -0.4 is 10.5 Å². The zero-order valence-corrected chi connectivity index (χ0v) is 26.8. The minimum Gasteiger partial charge on any atom is -0.507 e. The highest BCUT2D eigenvalue weighted by molar-refractivity contribution is 7.87. The Morgan fingerprint density at radius 1 is 0.617 bits per heavy atom. The van der Waals surface area contributed by atoms with Gasteiger partial charge in [-0.3, -0.25) is 18.2 Å². The minimum absolute atomic E-state index is 0.0118. The first-order valence-corrected chi connectivity index (χ1v) is 17.9. The van der Waals surface area contributed by atoms with Crippen LogP contribution in [0.1, 0.15) is 5.56 Å². The Balaban J connectivity index is 1.83. The second-order valence-corrected chi connectivity index (χ2v) is 15.0. The number of anilines is 1. The highest BCUT2D eigenvalue weighted by atomic mass is 32.2. The Morgan fingerprint density at radius 3 is 1.72 bits per heavy atom. The van der Waals surface area contributed by atoms with E-state index < -0.39 is 93.6 Å². The summed E-state index contributed by atoms with van der Waals surface area (Å²) in [6.45, 7) is 1.48. The SMILES string of the molecule is COc1cc(/N=N/c2cc(S(=O)(=O)O)ccc2S(=O)(=O)O)c(C)cc1/N=N/c1cc(S(=O)(=O)O)c2cc(S(=O)(=O)O)cc(O)c2c1N. The zero-order valence-electron chi connectivity index (χ0n) is 23.5. The van der Waals surface area contributed by atoms with Gasteiger partial charge in [0, 0.05) is 17.5 Å². The topological polar surface area (TPSA) is 322 Å². The molecule has 0 aliphatic rings. The molecule has 4 rings (SSSR count). The van der Waals surface area contributed by atoms with Crippen molar-refractivity contribution >= 4 is 79.7 Å². The molecule has 0 amide bonds. The Bertz CT molecular complexity index is 2480. The lowest BCUT2D eigenvalue weighted by Gasteiger charge is -2.12. The first-order chi connectivity index (χ1) is 21.5. The van der Waals surface area contributed by atoms with Gasteiger partial charge in [0.15, 0.2) is 0 Å². The predicted molar refractivity (Wildman–Crippen MR) is 162 cm³/mol. The molecule has 0 heterocycles. The van der Waals surface area contributed by atoms with Crippen LogP contribution in [-0.2, 0) is 40.5 Å². The van der Waals surface area contributed by atoms with Gasteiger partial charge in [-0.05, 0) is 48.9 Å². The number of methoxy groups -OCH3 is 1. The van der Waals surface area contributed by atoms with Crippen LogP contribution in [0.3, 0.4) is 0 Å². The number of aryl methyl sites for hydroxylation is 1. The summed E-state index contributed by atoms with van der Waals surface area (Å²) in [7, 11) is -18.5. The second kappa shape index (κ2) is 12.2. The Labute approximate surface area is 266 Å². The van der Waals surface area contributed by atoms with Gasteiger partial charge in [0.25, 0.3) is 40.5 Å². The van der Waals surface area contributed by atoms with E-state index in [1.54, 1.807) is 0 Å². The average molecular weight is 732 g/mol. The third kappa shape index (κ3) is 7.52. The maximum atomic E-state index is 12.2. The van der Waals surface area contributed by atoms with Crippen LogP contribution in [0.5, 0.6) is 11.5 Å². The lowest BCUT2D eigenvalue weighted by molar-refractivity contribution is 0.416. The highest BCUT2D eigenvalue weighted by Gasteiger charge is 2.24. The van der Waals surface area contributed by atoms with Gasteiger partial charge in [0.05, 0.1) is 33.7 Å². The molecule has 4 aromatic rings. The maximum absolute atomic E-state index is 12.2. The Hall–Kier alpha value is -4.62. The fourth-order valence-corrected chi connectivity index (χ4v) is 6.44. The first kappa shape index (κ1) is 35.2. The molecule has 0 fully saturated rings. The van der Waals surface area contributed by atoms with E-state index in [9.17, 15) is 57.0 Å². The standard InChI is InChI=1S/C24H21N5O14S4/c1-11-5-16(20(43-2)9-15(11)26-28-17-7-12(44(31,32)33)3-4-21(17)46(37,38)39)27-29-18-10-22(47(40,41)42)14-6-13(45(34,35)36)8-19(30)23(14)24(18)25/h3-10,30H,25H2,1-2H3,(H,31,32,33)(H,34,35,36)(H,37,38,39)(H,40,41,42)/b28-26+,29-27+. The molecule has 0 spiro atoms. The summed E-state index contributed by atoms with van der Waals surface area (Å²) in [4.78, 5) is -3.38. The molecule has 0 saturated heterocycles. The molecule has 0 saturated carbocycles. The average Bonchev–Trinajstić information content (AvgIpc) is 2.93. The highest BCUT2D eigenvalue weighted by Crippen LogP contribution is 2.43. The van der Waals surface area contributed by atoms with Crippen molar-refractivity contribution in [3.63, 3.8) is 0 Å². The van der Waals surface area contributed by atoms with Gasteiger partial charge in [-0.15, -0.1) is 15.3 Å². The lowest BCUT2D eigenvalue weighted by atomic mass is 10.1. The quantitative estimate of drug-likeness (QED) is 0.0795. The van der Waals surface area contributed by atoms with Gasteiger partial charge in [0.1, 0.15) is 38.4 Å². The van der Waals surface area contributed by atoms with Gasteiger partial charge in [-0.1, -0.05) is 0 Å². The van der Waals surface area contributed by atoms with E-state index in [-0.39, 0.29) is 22.7 Å². The molecule has 0 radical (unpaired) electrons. The number of hydrogen-bond donors (Lipinski definition) is 6. The monoisotopic (exact) mass is 731 g/mol. The van der Waals surface area contributed by atoms with Crippen LogP contribution in [0.15, 0.2) is 88.6 Å². The Morgan fingerprint density at radius 2 is 1.17 bits per heavy atom. The molecule has 19 nitrogen and oxygen atoms in total. The van der Waals surface area contributed by atoms with Crippen LogP contribution >= 0.6 is 0 Å². The predicted octanol–water partition coefficient (Wildman–Crippen LogP) is 4.26. The van der Waals surface area contributed by atoms with Gasteiger partial charge in [-0.25, -0.2) is 0 Å². The second-order valence-electron chi connectivity index (χ2n) is 9.41. The summed E-state index contributed by atoms with van der Waals surface area (Å²) in [5.41, 5.74) is 4.88. The van der Waals surface area contributed by atoms with E-state index in [0.29, 0.717) is 24.3 Å². The number of hydrogen-bond acceptors (Lipinski definition) is 15. The largest absolute Gasteiger partial charge is 0.507 e. The molecule has 250 valence electrons. The molecule has 7 N–H and O–H groups in total. The van der Waals surface area contributed by atoms with E-state index in [0.717, 1.165) is 12.1 Å². The van der Waals surface area contributed by atoms with Crippen molar-refractivity contribution in [2.75, 3.05) is 12.8 Å². The van der Waals surface area contributed by atoms with E-state index in [2.05, 4.69) is 20.5 Å². The van der Waals surface area contributed by atoms with E-state index >= 15 is 0 Å². The molecular formula is C24H21N5O14S4. The molecule has 0 bridgehead atoms. The maximum Gasteiger partial charge on any atom is 0.296 e. The number of phenols is 1. The molecule has 0 aliphatic heterocycles. The smallest absolute Gasteiger partial charge is 0.296 e. The lowest BCUT2D eigenvalue weighted by Crippen LogP contribution is -2.04. The first-order valence-electron chi connectivity index (χ1n) is 12.2. The summed E-state index contributed by atoms with van der Waals surface area (Å²) in [6.07, 6.45) is 0. The minimum atomic E-state index is -5.10. The molecule has 0 unspecified atom stereocenters. The number of rotatable bonds is 9. The van der Waals surface area contributed by atoms with Crippen molar-refractivity contribution in [1.82, 2.24) is 0 Å². The number of nitrogens with zero attached hydrogens (tertiary/aromatic N) is 4. The number of ether oxygens (including phenoxy) is 1. The van der Waals surface area contributed by atoms with Crippen LogP contribution in [0.25, 0.3) is 10.8 Å². The van der Waals surface area contributed by atoms with Gasteiger partial charge in [-0.2, -0.15) is 38.8 Å². The van der Waals surface area contributed by atoms with Crippen molar-refractivity contribution in [3.8, 4) is 11.5 Å². The molecular weight excluding hydrogens is 711 g/mol. The van der Waals surface area contributed by atoms with Crippen molar-refractivity contribution in [2.24, 2.45) is 20.5 Å². The number of azo groups is 2. The zero-order chi connectivity index (χ0) is 35.3. The van der Waals surface area contributed by atoms with E-state index in [4.69, 9.17) is 10.5 Å². The van der Waals surface area contributed by atoms with Crippen molar-refractivity contribution in [3.05, 3.63) is 54.1 Å². The van der Waals surface area contributed by atoms with Crippen LogP contribution in [0.4, 0.5) is 28.4 Å². The number of phenolic OH excluding ortho intramolecular Hbond substituents is 1. The number of benzene rings is 4. The summed E-state index contributed by atoms with van der Waals surface area (Å²) in [5.74, 6) is -0.929.